The van der Waals surface area contributed by atoms with Gasteiger partial charge in [-0.05, 0) is 34.9 Å². The molecular formula is C13H19NOS. The summed E-state index contributed by atoms with van der Waals surface area (Å²) in [5.41, 5.74) is 8.93. The van der Waals surface area contributed by atoms with Crippen LogP contribution in [0.1, 0.15) is 31.0 Å². The van der Waals surface area contributed by atoms with Crippen LogP contribution in [0, 0.1) is 0 Å². The lowest BCUT2D eigenvalue weighted by Crippen LogP contribution is -2.20. The maximum atomic E-state index is 6.29. The fraction of sp³-hybridized carbons (Fsp3) is 0.538. The Morgan fingerprint density at radius 2 is 2.19 bits per heavy atom. The van der Waals surface area contributed by atoms with Crippen molar-refractivity contribution in [2.45, 2.75) is 36.8 Å². The standard InChI is InChI=1S/C13H19NOS/c1-8(2)16-12-6-9-4-5-10(15-3)7-11(9)13(12)14/h4-5,7-8,12-13H,6,14H2,1-3H3. The molecule has 2 rings (SSSR count). The summed E-state index contributed by atoms with van der Waals surface area (Å²) in [4.78, 5) is 0. The van der Waals surface area contributed by atoms with Crippen LogP contribution in [0.25, 0.3) is 0 Å². The molecule has 0 saturated carbocycles. The fourth-order valence-corrected chi connectivity index (χ4v) is 3.51. The molecule has 2 unspecified atom stereocenters. The summed E-state index contributed by atoms with van der Waals surface area (Å²) in [5, 5.41) is 1.15. The molecule has 1 aromatic carbocycles. The van der Waals surface area contributed by atoms with Gasteiger partial charge in [0, 0.05) is 11.3 Å². The van der Waals surface area contributed by atoms with Crippen LogP contribution in [0.2, 0.25) is 0 Å². The first-order valence-electron chi connectivity index (χ1n) is 5.69. The number of benzene rings is 1. The summed E-state index contributed by atoms with van der Waals surface area (Å²) in [6.07, 6.45) is 1.09. The summed E-state index contributed by atoms with van der Waals surface area (Å²) in [6.45, 7) is 4.45. The van der Waals surface area contributed by atoms with E-state index in [4.69, 9.17) is 10.5 Å². The first-order chi connectivity index (χ1) is 7.61. The summed E-state index contributed by atoms with van der Waals surface area (Å²) in [7, 11) is 1.70. The van der Waals surface area contributed by atoms with E-state index in [1.807, 2.05) is 17.8 Å². The van der Waals surface area contributed by atoms with E-state index in [0.29, 0.717) is 10.5 Å². The fourth-order valence-electron chi connectivity index (χ4n) is 2.22. The molecule has 16 heavy (non-hydrogen) atoms. The van der Waals surface area contributed by atoms with Crippen LogP contribution in [-0.4, -0.2) is 17.6 Å². The van der Waals surface area contributed by atoms with Crippen molar-refractivity contribution in [3.05, 3.63) is 29.3 Å². The van der Waals surface area contributed by atoms with Crippen molar-refractivity contribution in [2.24, 2.45) is 5.73 Å². The molecule has 0 amide bonds. The molecule has 88 valence electrons. The van der Waals surface area contributed by atoms with Crippen molar-refractivity contribution in [3.8, 4) is 5.75 Å². The van der Waals surface area contributed by atoms with E-state index in [1.165, 1.54) is 11.1 Å². The normalized spacial score (nSPS) is 23.6. The van der Waals surface area contributed by atoms with Gasteiger partial charge in [-0.2, -0.15) is 11.8 Å². The van der Waals surface area contributed by atoms with Crippen molar-refractivity contribution >= 4 is 11.8 Å². The highest BCUT2D eigenvalue weighted by atomic mass is 32.2. The third-order valence-electron chi connectivity index (χ3n) is 2.98. The van der Waals surface area contributed by atoms with E-state index in [-0.39, 0.29) is 6.04 Å². The molecule has 2 N–H and O–H groups in total. The van der Waals surface area contributed by atoms with E-state index in [1.54, 1.807) is 7.11 Å². The maximum Gasteiger partial charge on any atom is 0.119 e. The van der Waals surface area contributed by atoms with Crippen molar-refractivity contribution in [2.75, 3.05) is 7.11 Å². The molecule has 1 aliphatic rings. The second-order valence-electron chi connectivity index (χ2n) is 4.52. The topological polar surface area (TPSA) is 35.2 Å². The Morgan fingerprint density at radius 3 is 2.81 bits per heavy atom. The van der Waals surface area contributed by atoms with Gasteiger partial charge in [-0.15, -0.1) is 0 Å². The van der Waals surface area contributed by atoms with Crippen molar-refractivity contribution in [3.63, 3.8) is 0 Å². The average molecular weight is 237 g/mol. The number of nitrogens with two attached hydrogens (primary N) is 1. The van der Waals surface area contributed by atoms with Crippen LogP contribution in [-0.2, 0) is 6.42 Å². The zero-order valence-corrected chi connectivity index (χ0v) is 10.9. The molecular weight excluding hydrogens is 218 g/mol. The lowest BCUT2D eigenvalue weighted by atomic mass is 10.1. The average Bonchev–Trinajstić information content (AvgIpc) is 2.55. The van der Waals surface area contributed by atoms with Gasteiger partial charge < -0.3 is 10.5 Å². The monoisotopic (exact) mass is 237 g/mol. The van der Waals surface area contributed by atoms with Gasteiger partial charge in [-0.25, -0.2) is 0 Å². The molecule has 3 heteroatoms. The highest BCUT2D eigenvalue weighted by Crippen LogP contribution is 2.39. The predicted molar refractivity (Wildman–Crippen MR) is 70.1 cm³/mol. The lowest BCUT2D eigenvalue weighted by molar-refractivity contribution is 0.414. The number of hydrogen-bond acceptors (Lipinski definition) is 3. The first-order valence-corrected chi connectivity index (χ1v) is 6.64. The molecule has 0 heterocycles. The Balaban J connectivity index is 2.21. The molecule has 0 aromatic heterocycles. The molecule has 2 nitrogen and oxygen atoms in total. The van der Waals surface area contributed by atoms with Crippen LogP contribution in [0.3, 0.4) is 0 Å². The molecule has 0 fully saturated rings. The van der Waals surface area contributed by atoms with Gasteiger partial charge in [-0.1, -0.05) is 19.9 Å². The van der Waals surface area contributed by atoms with E-state index in [0.717, 1.165) is 12.2 Å². The minimum Gasteiger partial charge on any atom is -0.497 e. The van der Waals surface area contributed by atoms with Crippen LogP contribution < -0.4 is 10.5 Å². The highest BCUT2D eigenvalue weighted by Gasteiger charge is 2.30. The number of rotatable bonds is 3. The predicted octanol–water partition coefficient (Wildman–Crippen LogP) is 2.76. The van der Waals surface area contributed by atoms with Gasteiger partial charge in [-0.3, -0.25) is 0 Å². The number of methoxy groups -OCH3 is 1. The molecule has 0 saturated heterocycles. The molecule has 0 bridgehead atoms. The SMILES string of the molecule is COc1ccc2c(c1)C(N)C(SC(C)C)C2. The van der Waals surface area contributed by atoms with Crippen LogP contribution in [0.4, 0.5) is 0 Å². The highest BCUT2D eigenvalue weighted by molar-refractivity contribution is 8.00. The Labute approximate surface area is 102 Å². The van der Waals surface area contributed by atoms with E-state index < -0.39 is 0 Å². The van der Waals surface area contributed by atoms with Crippen LogP contribution in [0.5, 0.6) is 5.75 Å². The Bertz CT molecular complexity index is 378. The molecule has 1 aliphatic carbocycles. The van der Waals surface area contributed by atoms with Gasteiger partial charge in [0.15, 0.2) is 0 Å². The van der Waals surface area contributed by atoms with Crippen molar-refractivity contribution < 1.29 is 4.74 Å². The van der Waals surface area contributed by atoms with E-state index >= 15 is 0 Å². The second-order valence-corrected chi connectivity index (χ2v) is 6.34. The van der Waals surface area contributed by atoms with Gasteiger partial charge in [0.1, 0.15) is 5.75 Å². The maximum absolute atomic E-state index is 6.29. The quantitative estimate of drug-likeness (QED) is 0.878. The summed E-state index contributed by atoms with van der Waals surface area (Å²) in [6, 6.07) is 6.40. The minimum absolute atomic E-state index is 0.150. The zero-order chi connectivity index (χ0) is 11.7. The molecule has 0 radical (unpaired) electrons. The second kappa shape index (κ2) is 4.68. The minimum atomic E-state index is 0.150. The number of ether oxygens (including phenoxy) is 1. The van der Waals surface area contributed by atoms with Gasteiger partial charge >= 0.3 is 0 Å². The zero-order valence-electron chi connectivity index (χ0n) is 10.1. The molecule has 2 atom stereocenters. The Hall–Kier alpha value is -0.670. The lowest BCUT2D eigenvalue weighted by Gasteiger charge is -2.17. The smallest absolute Gasteiger partial charge is 0.119 e. The molecule has 1 aromatic rings. The molecule has 0 spiro atoms. The number of thioether (sulfide) groups is 1. The van der Waals surface area contributed by atoms with E-state index in [9.17, 15) is 0 Å². The van der Waals surface area contributed by atoms with Gasteiger partial charge in [0.05, 0.1) is 7.11 Å². The summed E-state index contributed by atoms with van der Waals surface area (Å²) < 4.78 is 5.24. The Kier molecular flexibility index (Phi) is 3.45. The third kappa shape index (κ3) is 2.20. The first kappa shape index (κ1) is 11.8. The third-order valence-corrected chi connectivity index (χ3v) is 4.33. The van der Waals surface area contributed by atoms with Gasteiger partial charge in [0.2, 0.25) is 0 Å². The largest absolute Gasteiger partial charge is 0.497 e. The Morgan fingerprint density at radius 1 is 1.44 bits per heavy atom. The van der Waals surface area contributed by atoms with E-state index in [2.05, 4.69) is 26.0 Å². The van der Waals surface area contributed by atoms with Crippen LogP contribution in [0.15, 0.2) is 18.2 Å². The summed E-state index contributed by atoms with van der Waals surface area (Å²) >= 11 is 1.97. The van der Waals surface area contributed by atoms with Gasteiger partial charge in [0.25, 0.3) is 0 Å². The van der Waals surface area contributed by atoms with Crippen LogP contribution >= 0.6 is 11.8 Å². The van der Waals surface area contributed by atoms with Crippen molar-refractivity contribution in [1.82, 2.24) is 0 Å². The molecule has 0 aliphatic heterocycles. The summed E-state index contributed by atoms with van der Waals surface area (Å²) in [5.74, 6) is 0.907. The number of fused-ring (bicyclic) bond motifs is 1. The van der Waals surface area contributed by atoms with Crippen molar-refractivity contribution in [1.29, 1.82) is 0 Å². The number of hydrogen-bond donors (Lipinski definition) is 1.